The van der Waals surface area contributed by atoms with Gasteiger partial charge in [0, 0.05) is 11.3 Å². The molecular weight excluding hydrogens is 463 g/mol. The van der Waals surface area contributed by atoms with E-state index in [9.17, 15) is 18.0 Å². The molecule has 3 rings (SSSR count). The number of benzene rings is 1. The second-order valence-corrected chi connectivity index (χ2v) is 6.83. The number of ether oxygens (including phenoxy) is 2. The number of aryl methyl sites for hydroxylation is 1. The van der Waals surface area contributed by atoms with E-state index in [0.717, 1.165) is 12.1 Å². The highest BCUT2D eigenvalue weighted by molar-refractivity contribution is 6.03. The summed E-state index contributed by atoms with van der Waals surface area (Å²) in [5, 5.41) is 2.51. The Morgan fingerprint density at radius 1 is 1.42 bits per heavy atom. The molecule has 1 aliphatic rings. The van der Waals surface area contributed by atoms with Crippen molar-refractivity contribution in [3.8, 4) is 17.7 Å². The van der Waals surface area contributed by atoms with Gasteiger partial charge in [-0.1, -0.05) is 5.92 Å². The van der Waals surface area contributed by atoms with Gasteiger partial charge >= 0.3 is 0 Å². The van der Waals surface area contributed by atoms with E-state index in [0.29, 0.717) is 0 Å². The molecule has 0 unspecified atom stereocenters. The lowest BCUT2D eigenvalue weighted by molar-refractivity contribution is -0.0145. The summed E-state index contributed by atoms with van der Waals surface area (Å²) in [6, 6.07) is 3.27. The highest BCUT2D eigenvalue weighted by Gasteiger charge is 2.46. The van der Waals surface area contributed by atoms with Crippen molar-refractivity contribution in [2.45, 2.75) is 25.8 Å². The van der Waals surface area contributed by atoms with Crippen LogP contribution in [0.15, 0.2) is 29.4 Å². The highest BCUT2D eigenvalue weighted by Crippen LogP contribution is 2.38. The highest BCUT2D eigenvalue weighted by atomic mass is 35.5. The van der Waals surface area contributed by atoms with Crippen molar-refractivity contribution in [2.24, 2.45) is 10.7 Å². The maximum absolute atomic E-state index is 14.5. The second kappa shape index (κ2) is 11.0. The second-order valence-electron chi connectivity index (χ2n) is 6.83. The van der Waals surface area contributed by atoms with Crippen molar-refractivity contribution in [2.75, 3.05) is 25.1 Å². The number of nitrogens with one attached hydrogen (secondary N) is 1. The molecule has 8 nitrogen and oxygen atoms in total. The molecule has 1 amide bonds. The molecule has 0 fully saturated rings. The van der Waals surface area contributed by atoms with Crippen LogP contribution in [-0.4, -0.2) is 48.0 Å². The summed E-state index contributed by atoms with van der Waals surface area (Å²) in [4.78, 5) is 24.6. The number of aromatic nitrogens is 2. The minimum Gasteiger partial charge on any atom is -0.463 e. The van der Waals surface area contributed by atoms with Gasteiger partial charge in [0.1, 0.15) is 24.0 Å². The third-order valence-corrected chi connectivity index (χ3v) is 4.58. The molecule has 1 atom stereocenters. The topological polar surface area (TPSA) is 112 Å². The molecule has 0 aliphatic carbocycles. The molecule has 1 aromatic carbocycles. The first-order valence-corrected chi connectivity index (χ1v) is 9.44. The molecule has 1 aliphatic heterocycles. The Labute approximate surface area is 194 Å². The van der Waals surface area contributed by atoms with E-state index < -0.39 is 35.9 Å². The van der Waals surface area contributed by atoms with Crippen molar-refractivity contribution >= 4 is 29.8 Å². The number of aliphatic imine (C=N–C) groups is 1. The van der Waals surface area contributed by atoms with Gasteiger partial charge in [-0.15, -0.1) is 18.3 Å². The minimum atomic E-state index is -3.10. The van der Waals surface area contributed by atoms with Crippen LogP contribution < -0.4 is 15.8 Å². The molecule has 0 saturated heterocycles. The number of rotatable bonds is 6. The monoisotopic (exact) mass is 483 g/mol. The van der Waals surface area contributed by atoms with E-state index >= 15 is 0 Å². The molecular formula is C21H21ClF3N5O3. The summed E-state index contributed by atoms with van der Waals surface area (Å²) in [7, 11) is 0. The average Bonchev–Trinajstić information content (AvgIpc) is 2.75. The van der Waals surface area contributed by atoms with Crippen molar-refractivity contribution in [3.63, 3.8) is 0 Å². The van der Waals surface area contributed by atoms with Crippen LogP contribution in [0.3, 0.4) is 0 Å². The van der Waals surface area contributed by atoms with Crippen molar-refractivity contribution in [1.82, 2.24) is 9.97 Å². The average molecular weight is 484 g/mol. The van der Waals surface area contributed by atoms with Crippen molar-refractivity contribution in [3.05, 3.63) is 47.2 Å². The van der Waals surface area contributed by atoms with Crippen LogP contribution in [0.25, 0.3) is 0 Å². The minimum absolute atomic E-state index is 0. The fourth-order valence-electron chi connectivity index (χ4n) is 3.06. The lowest BCUT2D eigenvalue weighted by Gasteiger charge is -2.33. The van der Waals surface area contributed by atoms with E-state index in [1.807, 2.05) is 0 Å². The summed E-state index contributed by atoms with van der Waals surface area (Å²) >= 11 is 0. The number of nitrogens with zero attached hydrogens (tertiary/aromatic N) is 3. The van der Waals surface area contributed by atoms with Crippen molar-refractivity contribution in [1.29, 1.82) is 0 Å². The van der Waals surface area contributed by atoms with Gasteiger partial charge < -0.3 is 20.5 Å². The number of amides is 1. The first-order chi connectivity index (χ1) is 15.3. The number of nitrogens with two attached hydrogens (primary N) is 1. The molecule has 0 saturated carbocycles. The van der Waals surface area contributed by atoms with Crippen molar-refractivity contribution < 1.29 is 27.4 Å². The van der Waals surface area contributed by atoms with E-state index in [1.54, 1.807) is 13.8 Å². The Morgan fingerprint density at radius 2 is 2.18 bits per heavy atom. The smallest absolute Gasteiger partial charge is 0.276 e. The summed E-state index contributed by atoms with van der Waals surface area (Å²) in [6.45, 7) is 2.65. The van der Waals surface area contributed by atoms with Gasteiger partial charge in [-0.2, -0.15) is 0 Å². The van der Waals surface area contributed by atoms with E-state index in [2.05, 4.69) is 32.1 Å². The molecule has 0 radical (unpaired) electrons. The first-order valence-electron chi connectivity index (χ1n) is 9.44. The van der Waals surface area contributed by atoms with Gasteiger partial charge in [0.2, 0.25) is 5.88 Å². The van der Waals surface area contributed by atoms with Gasteiger partial charge in [0.05, 0.1) is 18.5 Å². The molecule has 0 bridgehead atoms. The largest absolute Gasteiger partial charge is 0.463 e. The number of hydrogen-bond donors (Lipinski definition) is 2. The Balaban J connectivity index is 0.00000385. The summed E-state index contributed by atoms with van der Waals surface area (Å²) in [5.41, 5.74) is 3.12. The Kier molecular flexibility index (Phi) is 8.62. The SMILES string of the molecule is CC#CCOc1cnc(C(=O)Nc2ccc(F)c([C@]3(C(F)F)COCC(N)=N3)c2)c(C)n1.Cl. The number of carbonyl (C=O) groups excluding carboxylic acids is 1. The summed E-state index contributed by atoms with van der Waals surface area (Å²) in [6.07, 6.45) is -1.84. The van der Waals surface area contributed by atoms with Gasteiger partial charge in [0.25, 0.3) is 12.3 Å². The number of hydrogen-bond acceptors (Lipinski definition) is 7. The predicted molar refractivity (Wildman–Crippen MR) is 117 cm³/mol. The maximum Gasteiger partial charge on any atom is 0.276 e. The van der Waals surface area contributed by atoms with Crippen LogP contribution in [-0.2, 0) is 10.3 Å². The fraction of sp³-hybridized carbons (Fsp3) is 0.333. The molecule has 2 aromatic rings. The zero-order valence-corrected chi connectivity index (χ0v) is 18.5. The number of alkyl halides is 2. The van der Waals surface area contributed by atoms with E-state index in [1.165, 1.54) is 12.3 Å². The number of anilines is 1. The van der Waals surface area contributed by atoms with Gasteiger partial charge in [-0.25, -0.2) is 23.1 Å². The molecule has 0 spiro atoms. The first kappa shape index (κ1) is 25.9. The van der Waals surface area contributed by atoms with Crippen LogP contribution in [0.1, 0.15) is 28.7 Å². The maximum atomic E-state index is 14.5. The van der Waals surface area contributed by atoms with E-state index in [4.69, 9.17) is 15.2 Å². The van der Waals surface area contributed by atoms with Gasteiger partial charge in [-0.3, -0.25) is 9.79 Å². The zero-order chi connectivity index (χ0) is 23.3. The fourth-order valence-corrected chi connectivity index (χ4v) is 3.06. The summed E-state index contributed by atoms with van der Waals surface area (Å²) in [5.74, 6) is 3.79. The van der Waals surface area contributed by atoms with Crippen LogP contribution >= 0.6 is 12.4 Å². The van der Waals surface area contributed by atoms with Crippen LogP contribution in [0.4, 0.5) is 18.9 Å². The lowest BCUT2D eigenvalue weighted by atomic mass is 9.90. The van der Waals surface area contributed by atoms with Crippen LogP contribution in [0, 0.1) is 24.6 Å². The Hall–Kier alpha value is -3.36. The number of halogens is 4. The molecule has 12 heteroatoms. The van der Waals surface area contributed by atoms with Crippen LogP contribution in [0.2, 0.25) is 0 Å². The van der Waals surface area contributed by atoms with Crippen LogP contribution in [0.5, 0.6) is 5.88 Å². The zero-order valence-electron chi connectivity index (χ0n) is 17.7. The molecule has 176 valence electrons. The Bertz CT molecular complexity index is 1120. The summed E-state index contributed by atoms with van der Waals surface area (Å²) < 4.78 is 52.8. The number of carbonyl (C=O) groups is 1. The number of amidine groups is 1. The molecule has 2 heterocycles. The predicted octanol–water partition coefficient (Wildman–Crippen LogP) is 2.85. The third-order valence-electron chi connectivity index (χ3n) is 4.58. The third kappa shape index (κ3) is 5.71. The molecule has 33 heavy (non-hydrogen) atoms. The normalized spacial score (nSPS) is 17.3. The van der Waals surface area contributed by atoms with Gasteiger partial charge in [0.15, 0.2) is 12.1 Å². The lowest BCUT2D eigenvalue weighted by Crippen LogP contribution is -2.45. The van der Waals surface area contributed by atoms with E-state index in [-0.39, 0.29) is 54.4 Å². The molecule has 3 N–H and O–H groups in total. The van der Waals surface area contributed by atoms with Gasteiger partial charge in [-0.05, 0) is 32.0 Å². The molecule has 1 aromatic heterocycles. The quantitative estimate of drug-likeness (QED) is 0.611. The Morgan fingerprint density at radius 3 is 2.82 bits per heavy atom. The standard InChI is InChI=1S/C21H20F3N5O3.ClH/c1-3-4-7-32-17-9-26-18(12(2)27-17)19(30)28-13-5-6-15(22)14(8-13)21(20(23)24)11-31-10-16(25)29-21;/h5-6,8-9,20H,7,10-11H2,1-2H3,(H2,25,29)(H,28,30);1H/t21-;/m0./s1.